The molecular formula is C26H33N5O2. The topological polar surface area (TPSA) is 77.6 Å². The highest BCUT2D eigenvalue weighted by molar-refractivity contribution is 5.96. The molecule has 3 aliphatic rings. The molecule has 33 heavy (non-hydrogen) atoms. The molecular weight excluding hydrogens is 414 g/mol. The van der Waals surface area contributed by atoms with E-state index in [9.17, 15) is 9.59 Å². The van der Waals surface area contributed by atoms with E-state index < -0.39 is 0 Å². The second kappa shape index (κ2) is 9.14. The fourth-order valence-electron chi connectivity index (χ4n) is 5.42. The van der Waals surface area contributed by atoms with E-state index in [-0.39, 0.29) is 23.8 Å². The fraction of sp³-hybridized carbons (Fsp3) is 0.500. The summed E-state index contributed by atoms with van der Waals surface area (Å²) in [7, 11) is 0. The maximum atomic E-state index is 12.4. The van der Waals surface area contributed by atoms with Gasteiger partial charge in [0.1, 0.15) is 0 Å². The summed E-state index contributed by atoms with van der Waals surface area (Å²) in [5.41, 5.74) is 5.00. The predicted molar refractivity (Wildman–Crippen MR) is 129 cm³/mol. The van der Waals surface area contributed by atoms with Gasteiger partial charge in [-0.05, 0) is 62.6 Å². The number of pyridine rings is 1. The standard InChI is InChI=1S/C26H33N5O2/c1-17(2)28-25(32)19-6-8-20(9-7-19)31-12-10-30(11-13-31)16-18-14-23-24(27-15-18)21-4-3-5-22(21)26(33)29-23/h6-9,14-15,17,21-22H,3-5,10-13,16H2,1-2H3,(H,28,32)(H,29,33)/t21?,22-/m1/s1. The largest absolute Gasteiger partial charge is 0.369 e. The zero-order valence-corrected chi connectivity index (χ0v) is 19.5. The molecule has 7 heteroatoms. The van der Waals surface area contributed by atoms with Crippen LogP contribution >= 0.6 is 0 Å². The normalized spacial score (nSPS) is 22.6. The van der Waals surface area contributed by atoms with Gasteiger partial charge in [-0.1, -0.05) is 6.42 Å². The van der Waals surface area contributed by atoms with Crippen LogP contribution in [0.15, 0.2) is 36.5 Å². The number of aromatic nitrogens is 1. The van der Waals surface area contributed by atoms with E-state index in [1.54, 1.807) is 0 Å². The van der Waals surface area contributed by atoms with Crippen LogP contribution in [-0.2, 0) is 11.3 Å². The highest BCUT2D eigenvalue weighted by Crippen LogP contribution is 2.45. The van der Waals surface area contributed by atoms with Crippen LogP contribution in [0.4, 0.5) is 11.4 Å². The van der Waals surface area contributed by atoms with Crippen molar-refractivity contribution >= 4 is 23.2 Å². The highest BCUT2D eigenvalue weighted by Gasteiger charge is 2.40. The van der Waals surface area contributed by atoms with Gasteiger partial charge in [-0.3, -0.25) is 19.5 Å². The van der Waals surface area contributed by atoms with E-state index in [0.29, 0.717) is 11.5 Å². The molecule has 0 radical (unpaired) electrons. The Morgan fingerprint density at radius 1 is 1.12 bits per heavy atom. The number of hydrogen-bond donors (Lipinski definition) is 2. The van der Waals surface area contributed by atoms with E-state index in [4.69, 9.17) is 4.98 Å². The van der Waals surface area contributed by atoms with Crippen LogP contribution in [-0.4, -0.2) is 53.9 Å². The third-order valence-corrected chi connectivity index (χ3v) is 7.13. The summed E-state index contributed by atoms with van der Waals surface area (Å²) in [6.45, 7) is 8.58. The number of amides is 2. The summed E-state index contributed by atoms with van der Waals surface area (Å²) in [6, 6.07) is 10.1. The van der Waals surface area contributed by atoms with Crippen molar-refractivity contribution in [1.29, 1.82) is 0 Å². The first kappa shape index (κ1) is 21.9. The van der Waals surface area contributed by atoms with Crippen molar-refractivity contribution in [2.45, 2.75) is 51.6 Å². The zero-order chi connectivity index (χ0) is 22.9. The van der Waals surface area contributed by atoms with Gasteiger partial charge in [0.05, 0.1) is 11.4 Å². The molecule has 2 amide bonds. The minimum atomic E-state index is -0.0281. The number of nitrogens with zero attached hydrogens (tertiary/aromatic N) is 3. The van der Waals surface area contributed by atoms with Gasteiger partial charge in [0.2, 0.25) is 5.91 Å². The van der Waals surface area contributed by atoms with Crippen molar-refractivity contribution in [3.63, 3.8) is 0 Å². The Kier molecular flexibility index (Phi) is 6.06. The second-order valence-corrected chi connectivity index (χ2v) is 9.85. The number of carbonyl (C=O) groups is 2. The van der Waals surface area contributed by atoms with Gasteiger partial charge in [0, 0.05) is 68.0 Å². The minimum absolute atomic E-state index is 0.0281. The van der Waals surface area contributed by atoms with Crippen LogP contribution in [0.1, 0.15) is 60.6 Å². The van der Waals surface area contributed by atoms with E-state index in [2.05, 4.69) is 26.5 Å². The molecule has 1 saturated carbocycles. The minimum Gasteiger partial charge on any atom is -0.369 e. The lowest BCUT2D eigenvalue weighted by molar-refractivity contribution is -0.120. The Bertz CT molecular complexity index is 1030. The first-order valence-corrected chi connectivity index (χ1v) is 12.2. The maximum absolute atomic E-state index is 12.4. The van der Waals surface area contributed by atoms with Crippen molar-refractivity contribution < 1.29 is 9.59 Å². The zero-order valence-electron chi connectivity index (χ0n) is 19.5. The molecule has 174 valence electrons. The van der Waals surface area contributed by atoms with Crippen LogP contribution in [0, 0.1) is 5.92 Å². The molecule has 0 spiro atoms. The summed E-state index contributed by atoms with van der Waals surface area (Å²) in [6.07, 6.45) is 5.17. The Balaban J connectivity index is 1.17. The number of anilines is 2. The molecule has 3 heterocycles. The monoisotopic (exact) mass is 447 g/mol. The SMILES string of the molecule is CC(C)NC(=O)c1ccc(N2CCN(Cc3cnc4c(c3)NC(=O)[C@@H]3CCCC43)CC2)cc1. The molecule has 1 unspecified atom stereocenters. The number of hydrogen-bond acceptors (Lipinski definition) is 5. The van der Waals surface area contributed by atoms with E-state index >= 15 is 0 Å². The highest BCUT2D eigenvalue weighted by atomic mass is 16.2. The molecule has 7 nitrogen and oxygen atoms in total. The van der Waals surface area contributed by atoms with E-state index in [1.807, 2.05) is 44.3 Å². The molecule has 2 aromatic rings. The van der Waals surface area contributed by atoms with Crippen molar-refractivity contribution in [2.75, 3.05) is 36.4 Å². The van der Waals surface area contributed by atoms with Crippen LogP contribution in [0.25, 0.3) is 0 Å². The number of piperazine rings is 1. The third kappa shape index (κ3) is 4.60. The summed E-state index contributed by atoms with van der Waals surface area (Å²) in [4.78, 5) is 34.2. The average molecular weight is 448 g/mol. The molecule has 1 saturated heterocycles. The third-order valence-electron chi connectivity index (χ3n) is 7.13. The van der Waals surface area contributed by atoms with Crippen molar-refractivity contribution in [3.05, 3.63) is 53.3 Å². The second-order valence-electron chi connectivity index (χ2n) is 9.85. The molecule has 2 atom stereocenters. The number of rotatable bonds is 5. The van der Waals surface area contributed by atoms with Gasteiger partial charge < -0.3 is 15.5 Å². The number of fused-ring (bicyclic) bond motifs is 3. The van der Waals surface area contributed by atoms with Crippen LogP contribution in [0.2, 0.25) is 0 Å². The summed E-state index contributed by atoms with van der Waals surface area (Å²) in [5.74, 6) is 0.557. The Morgan fingerprint density at radius 2 is 1.85 bits per heavy atom. The van der Waals surface area contributed by atoms with Gasteiger partial charge in [-0.25, -0.2) is 0 Å². The van der Waals surface area contributed by atoms with Crippen LogP contribution in [0.3, 0.4) is 0 Å². The molecule has 2 N–H and O–H groups in total. The molecule has 0 bridgehead atoms. The van der Waals surface area contributed by atoms with E-state index in [0.717, 1.165) is 74.6 Å². The Hall–Kier alpha value is -2.93. The molecule has 2 aliphatic heterocycles. The summed E-state index contributed by atoms with van der Waals surface area (Å²) < 4.78 is 0. The number of carbonyl (C=O) groups excluding carboxylic acids is 2. The van der Waals surface area contributed by atoms with E-state index in [1.165, 1.54) is 0 Å². The quantitative estimate of drug-likeness (QED) is 0.735. The lowest BCUT2D eigenvalue weighted by atomic mass is 9.87. The molecule has 1 aliphatic carbocycles. The molecule has 1 aromatic carbocycles. The van der Waals surface area contributed by atoms with Crippen molar-refractivity contribution in [3.8, 4) is 0 Å². The van der Waals surface area contributed by atoms with Gasteiger partial charge in [-0.2, -0.15) is 0 Å². The average Bonchev–Trinajstić information content (AvgIpc) is 3.30. The lowest BCUT2D eigenvalue weighted by Gasteiger charge is -2.36. The lowest BCUT2D eigenvalue weighted by Crippen LogP contribution is -2.46. The summed E-state index contributed by atoms with van der Waals surface area (Å²) >= 11 is 0. The first-order valence-electron chi connectivity index (χ1n) is 12.2. The maximum Gasteiger partial charge on any atom is 0.251 e. The molecule has 1 aromatic heterocycles. The fourth-order valence-corrected chi connectivity index (χ4v) is 5.42. The van der Waals surface area contributed by atoms with Gasteiger partial charge in [0.25, 0.3) is 5.91 Å². The van der Waals surface area contributed by atoms with Gasteiger partial charge >= 0.3 is 0 Å². The van der Waals surface area contributed by atoms with Gasteiger partial charge in [-0.15, -0.1) is 0 Å². The Morgan fingerprint density at radius 3 is 2.58 bits per heavy atom. The predicted octanol–water partition coefficient (Wildman–Crippen LogP) is 3.38. The van der Waals surface area contributed by atoms with Crippen molar-refractivity contribution in [1.82, 2.24) is 15.2 Å². The van der Waals surface area contributed by atoms with Gasteiger partial charge in [0.15, 0.2) is 0 Å². The number of nitrogens with one attached hydrogen (secondary N) is 2. The van der Waals surface area contributed by atoms with Crippen LogP contribution < -0.4 is 15.5 Å². The number of benzene rings is 1. The Labute approximate surface area is 195 Å². The molecule has 5 rings (SSSR count). The smallest absolute Gasteiger partial charge is 0.251 e. The van der Waals surface area contributed by atoms with Crippen LogP contribution in [0.5, 0.6) is 0 Å². The first-order chi connectivity index (χ1) is 16.0. The van der Waals surface area contributed by atoms with Crippen molar-refractivity contribution in [2.24, 2.45) is 5.92 Å². The molecule has 2 fully saturated rings. The summed E-state index contributed by atoms with van der Waals surface area (Å²) in [5, 5.41) is 6.04.